The molecule has 1 fully saturated rings. The van der Waals surface area contributed by atoms with Crippen LogP contribution in [0.2, 0.25) is 5.02 Å². The van der Waals surface area contributed by atoms with Gasteiger partial charge in [0.1, 0.15) is 0 Å². The number of rotatable bonds is 2. The number of carbonyl (C=O) groups excluding carboxylic acids is 2. The number of benzene rings is 1. The predicted octanol–water partition coefficient (Wildman–Crippen LogP) is 3.77. The van der Waals surface area contributed by atoms with Crippen LogP contribution >= 0.6 is 11.6 Å². The van der Waals surface area contributed by atoms with Crippen LogP contribution in [0.15, 0.2) is 17.8 Å². The number of carbonyl (C=O) groups is 2. The Balaban J connectivity index is 2.37. The monoisotopic (exact) mass is 385 g/mol. The molecule has 0 radical (unpaired) electrons. The molecule has 1 aromatic carbocycles. The van der Waals surface area contributed by atoms with E-state index in [-0.39, 0.29) is 6.07 Å². The largest absolute Gasteiger partial charge is 0.419 e. The van der Waals surface area contributed by atoms with E-state index in [1.807, 2.05) is 5.32 Å². The summed E-state index contributed by atoms with van der Waals surface area (Å²) in [4.78, 5) is 23.4. The summed E-state index contributed by atoms with van der Waals surface area (Å²) in [7, 11) is 0. The molecule has 0 unspecified atom stereocenters. The highest BCUT2D eigenvalue weighted by atomic mass is 35.5. The third-order valence-corrected chi connectivity index (χ3v) is 3.24. The summed E-state index contributed by atoms with van der Waals surface area (Å²) in [6.45, 7) is 2.57. The maximum Gasteiger partial charge on any atom is 0.419 e. The fourth-order valence-electron chi connectivity index (χ4n) is 1.86. The van der Waals surface area contributed by atoms with Crippen LogP contribution in [0.3, 0.4) is 0 Å². The van der Waals surface area contributed by atoms with Crippen LogP contribution in [0.1, 0.15) is 19.4 Å². The molecule has 1 aliphatic heterocycles. The summed E-state index contributed by atoms with van der Waals surface area (Å²) in [6, 6.07) is 0.168. The number of halogens is 6. The van der Waals surface area contributed by atoms with E-state index in [1.54, 1.807) is 0 Å². The average Bonchev–Trinajstić information content (AvgIpc) is 2.42. The molecule has 2 rings (SSSR count). The third kappa shape index (κ3) is 3.84. The molecule has 0 amide bonds. The Labute approximate surface area is 142 Å². The van der Waals surface area contributed by atoms with Crippen molar-refractivity contribution in [1.29, 1.82) is 0 Å². The van der Waals surface area contributed by atoms with Gasteiger partial charge in [0.05, 0.1) is 16.3 Å². The third-order valence-electron chi connectivity index (χ3n) is 2.94. The molecule has 1 aliphatic rings. The van der Waals surface area contributed by atoms with Crippen LogP contribution in [0.5, 0.6) is 0 Å². The molecule has 0 bridgehead atoms. The number of alkyl halides is 3. The highest BCUT2D eigenvalue weighted by Crippen LogP contribution is 2.38. The Hall–Kier alpha value is -2.36. The Morgan fingerprint density at radius 1 is 1.12 bits per heavy atom. The highest BCUT2D eigenvalue weighted by molar-refractivity contribution is 6.33. The van der Waals surface area contributed by atoms with Crippen LogP contribution in [0, 0.1) is 11.6 Å². The second-order valence-corrected chi connectivity index (χ2v) is 5.70. The summed E-state index contributed by atoms with van der Waals surface area (Å²) < 4.78 is 74.6. The zero-order valence-electron chi connectivity index (χ0n) is 12.6. The molecular weight excluding hydrogens is 377 g/mol. The first-order valence-corrected chi connectivity index (χ1v) is 6.89. The van der Waals surface area contributed by atoms with Crippen molar-refractivity contribution in [2.24, 2.45) is 0 Å². The van der Waals surface area contributed by atoms with Gasteiger partial charge in [0.15, 0.2) is 17.2 Å². The Morgan fingerprint density at radius 3 is 2.12 bits per heavy atom. The van der Waals surface area contributed by atoms with Crippen LogP contribution in [0.25, 0.3) is 0 Å². The second kappa shape index (κ2) is 6.17. The molecule has 25 heavy (non-hydrogen) atoms. The molecule has 0 aromatic heterocycles. The van der Waals surface area contributed by atoms with Crippen molar-refractivity contribution >= 4 is 29.2 Å². The summed E-state index contributed by atoms with van der Waals surface area (Å²) in [6.07, 6.45) is -4.56. The first-order chi connectivity index (χ1) is 11.3. The highest BCUT2D eigenvalue weighted by Gasteiger charge is 2.40. The van der Waals surface area contributed by atoms with Gasteiger partial charge >= 0.3 is 18.1 Å². The van der Waals surface area contributed by atoms with Gasteiger partial charge in [-0.15, -0.1) is 0 Å². The fourth-order valence-corrected chi connectivity index (χ4v) is 2.10. The van der Waals surface area contributed by atoms with Crippen LogP contribution in [-0.4, -0.2) is 17.7 Å². The minimum absolute atomic E-state index is 0.168. The second-order valence-electron chi connectivity index (χ2n) is 5.29. The number of hydrogen-bond acceptors (Lipinski definition) is 5. The maximum atomic E-state index is 13.8. The van der Waals surface area contributed by atoms with Gasteiger partial charge < -0.3 is 14.8 Å². The molecule has 5 nitrogen and oxygen atoms in total. The summed E-state index contributed by atoms with van der Waals surface area (Å²) >= 11 is 5.52. The lowest BCUT2D eigenvalue weighted by atomic mass is 10.1. The lowest BCUT2D eigenvalue weighted by molar-refractivity contribution is -0.222. The van der Waals surface area contributed by atoms with E-state index in [9.17, 15) is 31.5 Å². The number of anilines is 1. The molecule has 11 heteroatoms. The molecule has 0 spiro atoms. The van der Waals surface area contributed by atoms with Crippen molar-refractivity contribution in [1.82, 2.24) is 0 Å². The molecule has 1 heterocycles. The van der Waals surface area contributed by atoms with E-state index in [0.717, 1.165) is 0 Å². The zero-order valence-corrected chi connectivity index (χ0v) is 13.3. The molecule has 1 saturated heterocycles. The Kier molecular flexibility index (Phi) is 4.69. The number of cyclic esters (lactones) is 2. The van der Waals surface area contributed by atoms with E-state index in [0.29, 0.717) is 6.20 Å². The molecule has 136 valence electrons. The minimum atomic E-state index is -5.16. The van der Waals surface area contributed by atoms with Crippen LogP contribution in [-0.2, 0) is 25.2 Å². The lowest BCUT2D eigenvalue weighted by Crippen LogP contribution is -2.42. The first kappa shape index (κ1) is 19.0. The number of ether oxygens (including phenoxy) is 2. The van der Waals surface area contributed by atoms with Crippen molar-refractivity contribution in [2.75, 3.05) is 5.32 Å². The van der Waals surface area contributed by atoms with Gasteiger partial charge in [-0.25, -0.2) is 18.4 Å². The van der Waals surface area contributed by atoms with E-state index < -0.39 is 57.4 Å². The first-order valence-electron chi connectivity index (χ1n) is 6.51. The van der Waals surface area contributed by atoms with Gasteiger partial charge in [-0.1, -0.05) is 11.6 Å². The van der Waals surface area contributed by atoms with Crippen molar-refractivity contribution in [3.63, 3.8) is 0 Å². The normalized spacial score (nSPS) is 17.0. The lowest BCUT2D eigenvalue weighted by Gasteiger charge is -2.29. The van der Waals surface area contributed by atoms with Gasteiger partial charge in [-0.05, 0) is 6.07 Å². The summed E-state index contributed by atoms with van der Waals surface area (Å²) in [5, 5.41) is 1.16. The van der Waals surface area contributed by atoms with Crippen molar-refractivity contribution in [2.45, 2.75) is 25.8 Å². The molecular formula is C14H9ClF5NO4. The van der Waals surface area contributed by atoms with E-state index in [4.69, 9.17) is 21.1 Å². The van der Waals surface area contributed by atoms with Crippen molar-refractivity contribution < 1.29 is 41.0 Å². The zero-order chi connectivity index (χ0) is 19.2. The van der Waals surface area contributed by atoms with Gasteiger partial charge in [0.2, 0.25) is 0 Å². The molecule has 1 N–H and O–H groups in total. The number of hydrogen-bond donors (Lipinski definition) is 1. The Bertz CT molecular complexity index is 766. The smallest absolute Gasteiger partial charge is 0.419 e. The van der Waals surface area contributed by atoms with Crippen LogP contribution < -0.4 is 5.32 Å². The summed E-state index contributed by atoms with van der Waals surface area (Å²) in [5.74, 6) is -7.90. The molecule has 0 aliphatic carbocycles. The van der Waals surface area contributed by atoms with E-state index in [1.165, 1.54) is 13.8 Å². The van der Waals surface area contributed by atoms with Gasteiger partial charge in [0.25, 0.3) is 5.79 Å². The predicted molar refractivity (Wildman–Crippen MR) is 74.3 cm³/mol. The SMILES string of the molecule is CC1(C)OC(=O)C(=CNc2c(Cl)cc(C(F)(F)F)c(F)c2F)C(=O)O1. The van der Waals surface area contributed by atoms with E-state index >= 15 is 0 Å². The topological polar surface area (TPSA) is 64.6 Å². The van der Waals surface area contributed by atoms with Crippen LogP contribution in [0.4, 0.5) is 27.6 Å². The fraction of sp³-hybridized carbons (Fsp3) is 0.286. The number of nitrogens with one attached hydrogen (secondary N) is 1. The van der Waals surface area contributed by atoms with Gasteiger partial charge in [-0.2, -0.15) is 13.2 Å². The molecule has 0 saturated carbocycles. The van der Waals surface area contributed by atoms with Gasteiger partial charge in [-0.3, -0.25) is 0 Å². The molecule has 0 atom stereocenters. The standard InChI is InChI=1S/C14H9ClF5NO4/c1-13(2)24-11(22)5(12(23)25-13)4-21-10-7(15)3-6(14(18,19)20)8(16)9(10)17/h3-4,21H,1-2H3. The Morgan fingerprint density at radius 2 is 1.64 bits per heavy atom. The maximum absolute atomic E-state index is 13.8. The summed E-state index contributed by atoms with van der Waals surface area (Å²) in [5.41, 5.74) is -3.51. The van der Waals surface area contributed by atoms with E-state index in [2.05, 4.69) is 0 Å². The quantitative estimate of drug-likeness (QED) is 0.276. The van der Waals surface area contributed by atoms with Crippen molar-refractivity contribution in [3.8, 4) is 0 Å². The number of esters is 2. The average molecular weight is 386 g/mol. The molecule has 1 aromatic rings. The minimum Gasteiger partial charge on any atom is -0.419 e. The van der Waals surface area contributed by atoms with Gasteiger partial charge in [0, 0.05) is 20.0 Å². The van der Waals surface area contributed by atoms with Crippen molar-refractivity contribution in [3.05, 3.63) is 40.1 Å².